The molecule has 0 fully saturated rings. The average molecular weight is 559 g/mol. The summed E-state index contributed by atoms with van der Waals surface area (Å²) in [4.78, 5) is 36.4. The van der Waals surface area contributed by atoms with Crippen molar-refractivity contribution in [3.8, 4) is 17.2 Å². The second-order valence-corrected chi connectivity index (χ2v) is 9.75. The molecule has 0 aromatic heterocycles. The van der Waals surface area contributed by atoms with Crippen LogP contribution in [0.2, 0.25) is 0 Å². The van der Waals surface area contributed by atoms with Crippen LogP contribution in [0.3, 0.4) is 0 Å². The Balaban J connectivity index is 1.40. The van der Waals surface area contributed by atoms with Gasteiger partial charge in [-0.1, -0.05) is 44.9 Å². The van der Waals surface area contributed by atoms with Crippen LogP contribution in [0, 0.1) is 0 Å². The molecule has 0 aliphatic carbocycles. The van der Waals surface area contributed by atoms with Crippen molar-refractivity contribution in [2.24, 2.45) is 0 Å². The van der Waals surface area contributed by atoms with Crippen LogP contribution in [0.25, 0.3) is 0 Å². The molecule has 3 aromatic rings. The lowest BCUT2D eigenvalue weighted by Gasteiger charge is -2.09. The van der Waals surface area contributed by atoms with Gasteiger partial charge in [-0.15, -0.1) is 0 Å². The van der Waals surface area contributed by atoms with Crippen LogP contribution in [-0.4, -0.2) is 31.1 Å². The minimum absolute atomic E-state index is 0.312. The molecule has 0 radical (unpaired) electrons. The van der Waals surface area contributed by atoms with Gasteiger partial charge in [0, 0.05) is 5.57 Å². The Kier molecular flexibility index (Phi) is 12.6. The van der Waals surface area contributed by atoms with Gasteiger partial charge in [-0.05, 0) is 98.8 Å². The van der Waals surface area contributed by atoms with E-state index in [2.05, 4.69) is 13.5 Å². The molecule has 7 heteroatoms. The lowest BCUT2D eigenvalue weighted by Crippen LogP contribution is -2.10. The summed E-state index contributed by atoms with van der Waals surface area (Å²) >= 11 is 0. The zero-order valence-electron chi connectivity index (χ0n) is 23.9. The van der Waals surface area contributed by atoms with E-state index in [0.29, 0.717) is 60.0 Å². The van der Waals surface area contributed by atoms with Crippen LogP contribution in [0.4, 0.5) is 0 Å². The summed E-state index contributed by atoms with van der Waals surface area (Å²) in [5, 5.41) is 0. The van der Waals surface area contributed by atoms with Crippen molar-refractivity contribution in [3.63, 3.8) is 0 Å². The van der Waals surface area contributed by atoms with E-state index in [-0.39, 0.29) is 0 Å². The highest BCUT2D eigenvalue weighted by atomic mass is 16.5. The third-order valence-electron chi connectivity index (χ3n) is 6.23. The van der Waals surface area contributed by atoms with Crippen molar-refractivity contribution in [1.82, 2.24) is 0 Å². The third kappa shape index (κ3) is 11.0. The summed E-state index contributed by atoms with van der Waals surface area (Å²) in [6.45, 7) is 8.11. The Labute approximate surface area is 242 Å². The molecule has 0 saturated carbocycles. The van der Waals surface area contributed by atoms with Crippen LogP contribution >= 0.6 is 0 Å². The van der Waals surface area contributed by atoms with E-state index in [9.17, 15) is 14.4 Å². The molecule has 216 valence electrons. The number of hydrogen-bond acceptors (Lipinski definition) is 7. The first-order valence-corrected chi connectivity index (χ1v) is 14.0. The van der Waals surface area contributed by atoms with Crippen molar-refractivity contribution in [3.05, 3.63) is 102 Å². The fourth-order valence-electron chi connectivity index (χ4n) is 3.84. The number of aryl methyl sites for hydroxylation is 1. The Morgan fingerprint density at radius 1 is 0.634 bits per heavy atom. The van der Waals surface area contributed by atoms with E-state index < -0.39 is 17.9 Å². The fourth-order valence-corrected chi connectivity index (χ4v) is 3.84. The zero-order chi connectivity index (χ0) is 29.5. The maximum absolute atomic E-state index is 12.5. The predicted molar refractivity (Wildman–Crippen MR) is 158 cm³/mol. The normalized spacial score (nSPS) is 10.5. The summed E-state index contributed by atoms with van der Waals surface area (Å²) in [7, 11) is 0. The summed E-state index contributed by atoms with van der Waals surface area (Å²) in [6.07, 6.45) is 7.24. The Morgan fingerprint density at radius 2 is 1.15 bits per heavy atom. The van der Waals surface area contributed by atoms with E-state index in [1.165, 1.54) is 24.8 Å². The van der Waals surface area contributed by atoms with Crippen molar-refractivity contribution >= 4 is 17.9 Å². The van der Waals surface area contributed by atoms with Crippen LogP contribution in [0.5, 0.6) is 17.2 Å². The molecular weight excluding hydrogens is 520 g/mol. The van der Waals surface area contributed by atoms with Crippen molar-refractivity contribution in [1.29, 1.82) is 0 Å². The molecular formula is C34H38O7. The molecule has 3 aromatic carbocycles. The number of hydrogen-bond donors (Lipinski definition) is 0. The van der Waals surface area contributed by atoms with E-state index in [4.69, 9.17) is 18.9 Å². The zero-order valence-corrected chi connectivity index (χ0v) is 23.9. The third-order valence-corrected chi connectivity index (χ3v) is 6.23. The van der Waals surface area contributed by atoms with Crippen molar-refractivity contribution in [2.45, 2.75) is 58.8 Å². The molecule has 0 amide bonds. The largest absolute Gasteiger partial charge is 0.494 e. The number of carbonyl (C=O) groups is 3. The van der Waals surface area contributed by atoms with E-state index in [0.717, 1.165) is 12.8 Å². The smallest absolute Gasteiger partial charge is 0.343 e. The minimum atomic E-state index is -0.527. The highest BCUT2D eigenvalue weighted by Crippen LogP contribution is 2.20. The molecule has 0 N–H and O–H groups in total. The quantitative estimate of drug-likeness (QED) is 0.0777. The fraction of sp³-hybridized carbons (Fsp3) is 0.324. The van der Waals surface area contributed by atoms with Gasteiger partial charge in [-0.2, -0.15) is 0 Å². The number of benzene rings is 3. The Bertz CT molecular complexity index is 1280. The number of ether oxygens (including phenoxy) is 4. The van der Waals surface area contributed by atoms with Crippen LogP contribution < -0.4 is 14.2 Å². The Hall–Kier alpha value is -4.39. The van der Waals surface area contributed by atoms with Crippen LogP contribution in [0.15, 0.2) is 84.9 Å². The van der Waals surface area contributed by atoms with Crippen LogP contribution in [0.1, 0.15) is 78.7 Å². The number of esters is 3. The van der Waals surface area contributed by atoms with Crippen LogP contribution in [-0.2, 0) is 16.0 Å². The Morgan fingerprint density at radius 3 is 1.68 bits per heavy atom. The molecule has 0 unspecified atom stereocenters. The van der Waals surface area contributed by atoms with Gasteiger partial charge in [0.15, 0.2) is 0 Å². The molecule has 0 spiro atoms. The molecule has 0 aliphatic heterocycles. The van der Waals surface area contributed by atoms with E-state index in [1.54, 1.807) is 55.5 Å². The molecule has 7 nitrogen and oxygen atoms in total. The average Bonchev–Trinajstić information content (AvgIpc) is 2.98. The van der Waals surface area contributed by atoms with Gasteiger partial charge in [0.2, 0.25) is 0 Å². The van der Waals surface area contributed by atoms with Crippen molar-refractivity contribution < 1.29 is 33.3 Å². The highest BCUT2D eigenvalue weighted by Gasteiger charge is 2.12. The van der Waals surface area contributed by atoms with Gasteiger partial charge in [0.05, 0.1) is 24.3 Å². The molecule has 0 aliphatic rings. The first-order valence-electron chi connectivity index (χ1n) is 14.0. The molecule has 0 saturated heterocycles. The highest BCUT2D eigenvalue weighted by molar-refractivity contribution is 5.92. The first-order chi connectivity index (χ1) is 19.9. The monoisotopic (exact) mass is 558 g/mol. The van der Waals surface area contributed by atoms with Gasteiger partial charge in [-0.25, -0.2) is 14.4 Å². The lowest BCUT2D eigenvalue weighted by atomic mass is 10.1. The molecule has 41 heavy (non-hydrogen) atoms. The van der Waals surface area contributed by atoms with Gasteiger partial charge >= 0.3 is 17.9 Å². The van der Waals surface area contributed by atoms with Gasteiger partial charge in [0.25, 0.3) is 0 Å². The maximum atomic E-state index is 12.5. The molecule has 3 rings (SSSR count). The summed E-state index contributed by atoms with van der Waals surface area (Å²) < 4.78 is 21.6. The maximum Gasteiger partial charge on any atom is 0.343 e. The number of rotatable bonds is 16. The topological polar surface area (TPSA) is 88.1 Å². The molecule has 0 heterocycles. The number of unbranched alkanes of at least 4 members (excludes halogenated alkanes) is 4. The van der Waals surface area contributed by atoms with E-state index in [1.807, 2.05) is 24.3 Å². The van der Waals surface area contributed by atoms with Gasteiger partial charge < -0.3 is 18.9 Å². The van der Waals surface area contributed by atoms with Crippen molar-refractivity contribution in [2.75, 3.05) is 13.2 Å². The number of carbonyl (C=O) groups excluding carboxylic acids is 3. The standard InChI is InChI=1S/C34H38O7/c1-4-5-6-7-10-26-11-17-30(18-12-26)40-34(37)28-15-21-31(22-16-28)41-33(36)27-13-19-29(20-14-27)38-23-8-9-24-39-32(35)25(2)3/h11-22H,2,4-10,23-24H2,1,3H3. The second-order valence-electron chi connectivity index (χ2n) is 9.75. The van der Waals surface area contributed by atoms with Gasteiger partial charge in [-0.3, -0.25) is 0 Å². The molecule has 0 atom stereocenters. The first kappa shape index (κ1) is 31.1. The summed E-state index contributed by atoms with van der Waals surface area (Å²) in [5.41, 5.74) is 2.32. The predicted octanol–water partition coefficient (Wildman–Crippen LogP) is 7.53. The minimum Gasteiger partial charge on any atom is -0.494 e. The summed E-state index contributed by atoms with van der Waals surface area (Å²) in [6, 6.07) is 20.4. The lowest BCUT2D eigenvalue weighted by molar-refractivity contribution is -0.139. The SMILES string of the molecule is C=C(C)C(=O)OCCCCOc1ccc(C(=O)Oc2ccc(C(=O)Oc3ccc(CCCCCC)cc3)cc2)cc1. The van der Waals surface area contributed by atoms with E-state index >= 15 is 0 Å². The second kappa shape index (κ2) is 16.7. The van der Waals surface area contributed by atoms with Gasteiger partial charge in [0.1, 0.15) is 17.2 Å². The molecule has 0 bridgehead atoms. The summed E-state index contributed by atoms with van der Waals surface area (Å²) in [5.74, 6) is 0.00969.